The molecule has 2 fully saturated rings. The second-order valence-electron chi connectivity index (χ2n) is 7.43. The maximum absolute atomic E-state index is 12.6. The summed E-state index contributed by atoms with van der Waals surface area (Å²) in [7, 11) is 0. The number of hydrogen-bond donors (Lipinski definition) is 2. The summed E-state index contributed by atoms with van der Waals surface area (Å²) in [5.41, 5.74) is 2.85. The zero-order valence-electron chi connectivity index (χ0n) is 14.1. The molecule has 2 saturated carbocycles. The van der Waals surface area contributed by atoms with Gasteiger partial charge in [-0.3, -0.25) is 9.80 Å². The normalized spacial score (nSPS) is 31.4. The van der Waals surface area contributed by atoms with Crippen molar-refractivity contribution >= 4 is 17.3 Å². The van der Waals surface area contributed by atoms with Crippen LogP contribution in [0.15, 0.2) is 29.4 Å². The molecule has 4 rings (SSSR count). The minimum Gasteiger partial charge on any atom is -0.396 e. The molecule has 0 radical (unpaired) electrons. The van der Waals surface area contributed by atoms with E-state index in [2.05, 4.69) is 10.4 Å². The Kier molecular flexibility index (Phi) is 4.04. The monoisotopic (exact) mass is 327 g/mol. The fourth-order valence-corrected chi connectivity index (χ4v) is 4.68. The van der Waals surface area contributed by atoms with E-state index in [0.29, 0.717) is 17.4 Å². The smallest absolute Gasteiger partial charge is 0.251 e. The zero-order chi connectivity index (χ0) is 16.7. The van der Waals surface area contributed by atoms with E-state index in [0.717, 1.165) is 30.8 Å². The molecule has 0 spiro atoms. The molecule has 128 valence electrons. The standard InChI is InChI=1S/C19H25N3O2/c1-12-8-9-22(21-12)16-6-4-13(5-7-16)19(24)20-18-15-3-2-14(10-15)17(18)11-23/h4-7,14-15,17-18,23H,2-3,8-11H2,1H3,(H,20,24). The Bertz CT molecular complexity index is 655. The summed E-state index contributed by atoms with van der Waals surface area (Å²) in [6.45, 7) is 3.12. The molecular formula is C19H25N3O2. The van der Waals surface area contributed by atoms with E-state index < -0.39 is 0 Å². The highest BCUT2D eigenvalue weighted by molar-refractivity contribution is 5.95. The van der Waals surface area contributed by atoms with Crippen molar-refractivity contribution in [2.75, 3.05) is 18.2 Å². The second-order valence-corrected chi connectivity index (χ2v) is 7.43. The Hall–Kier alpha value is -1.88. The van der Waals surface area contributed by atoms with Gasteiger partial charge in [0.15, 0.2) is 0 Å². The topological polar surface area (TPSA) is 64.9 Å². The molecule has 24 heavy (non-hydrogen) atoms. The van der Waals surface area contributed by atoms with Crippen molar-refractivity contribution in [2.24, 2.45) is 22.9 Å². The Labute approximate surface area is 142 Å². The van der Waals surface area contributed by atoms with E-state index in [1.807, 2.05) is 36.2 Å². The number of aliphatic hydroxyl groups is 1. The number of fused-ring (bicyclic) bond motifs is 2. The van der Waals surface area contributed by atoms with Gasteiger partial charge in [0, 0.05) is 42.8 Å². The second kappa shape index (κ2) is 6.20. The lowest BCUT2D eigenvalue weighted by Crippen LogP contribution is -2.45. The Balaban J connectivity index is 1.43. The van der Waals surface area contributed by atoms with Crippen LogP contribution >= 0.6 is 0 Å². The summed E-state index contributed by atoms with van der Waals surface area (Å²) in [6, 6.07) is 7.79. The van der Waals surface area contributed by atoms with Crippen molar-refractivity contribution in [3.63, 3.8) is 0 Å². The summed E-state index contributed by atoms with van der Waals surface area (Å²) in [4.78, 5) is 12.6. The van der Waals surface area contributed by atoms with Gasteiger partial charge in [0.25, 0.3) is 5.91 Å². The van der Waals surface area contributed by atoms with Crippen molar-refractivity contribution in [3.8, 4) is 0 Å². The summed E-state index contributed by atoms with van der Waals surface area (Å²) < 4.78 is 0. The van der Waals surface area contributed by atoms with Crippen LogP contribution in [0.3, 0.4) is 0 Å². The molecule has 0 aromatic heterocycles. The van der Waals surface area contributed by atoms with Gasteiger partial charge in [0.1, 0.15) is 0 Å². The fraction of sp³-hybridized carbons (Fsp3) is 0.579. The highest BCUT2D eigenvalue weighted by Crippen LogP contribution is 2.48. The van der Waals surface area contributed by atoms with E-state index in [1.165, 1.54) is 12.8 Å². The molecule has 1 aliphatic heterocycles. The van der Waals surface area contributed by atoms with Crippen molar-refractivity contribution in [3.05, 3.63) is 29.8 Å². The molecule has 2 N–H and O–H groups in total. The lowest BCUT2D eigenvalue weighted by molar-refractivity contribution is 0.0861. The quantitative estimate of drug-likeness (QED) is 0.892. The number of rotatable bonds is 4. The number of aliphatic hydroxyl groups excluding tert-OH is 1. The van der Waals surface area contributed by atoms with Crippen LogP contribution in [0.4, 0.5) is 5.69 Å². The number of benzene rings is 1. The van der Waals surface area contributed by atoms with Crippen LogP contribution in [0.2, 0.25) is 0 Å². The molecule has 5 nitrogen and oxygen atoms in total. The predicted molar refractivity (Wildman–Crippen MR) is 94.2 cm³/mol. The fourth-order valence-electron chi connectivity index (χ4n) is 4.68. The Morgan fingerprint density at radius 3 is 2.71 bits per heavy atom. The number of hydrazone groups is 1. The van der Waals surface area contributed by atoms with Crippen molar-refractivity contribution in [1.82, 2.24) is 5.32 Å². The van der Waals surface area contributed by atoms with E-state index in [-0.39, 0.29) is 24.5 Å². The molecule has 1 aromatic carbocycles. The Morgan fingerprint density at radius 1 is 1.29 bits per heavy atom. The highest BCUT2D eigenvalue weighted by Gasteiger charge is 2.47. The van der Waals surface area contributed by atoms with E-state index in [1.54, 1.807) is 0 Å². The number of amides is 1. The molecule has 1 heterocycles. The number of anilines is 1. The van der Waals surface area contributed by atoms with Gasteiger partial charge in [-0.1, -0.05) is 0 Å². The van der Waals surface area contributed by atoms with Crippen LogP contribution in [-0.2, 0) is 0 Å². The molecule has 4 atom stereocenters. The van der Waals surface area contributed by atoms with Crippen LogP contribution in [-0.4, -0.2) is 35.9 Å². The van der Waals surface area contributed by atoms with E-state index in [9.17, 15) is 9.90 Å². The first-order valence-corrected chi connectivity index (χ1v) is 8.99. The summed E-state index contributed by atoms with van der Waals surface area (Å²) in [6.07, 6.45) is 4.53. The van der Waals surface area contributed by atoms with Gasteiger partial charge in [0.05, 0.1) is 5.69 Å². The van der Waals surface area contributed by atoms with Crippen molar-refractivity contribution in [2.45, 2.75) is 38.6 Å². The number of nitrogens with zero attached hydrogens (tertiary/aromatic N) is 2. The van der Waals surface area contributed by atoms with Gasteiger partial charge < -0.3 is 10.4 Å². The lowest BCUT2D eigenvalue weighted by Gasteiger charge is -2.30. The minimum absolute atomic E-state index is 0.0290. The first-order chi connectivity index (χ1) is 11.7. The third-order valence-corrected chi connectivity index (χ3v) is 6.00. The van der Waals surface area contributed by atoms with Crippen LogP contribution in [0, 0.1) is 17.8 Å². The van der Waals surface area contributed by atoms with Gasteiger partial charge in [-0.2, -0.15) is 5.10 Å². The molecule has 4 unspecified atom stereocenters. The number of carbonyl (C=O) groups is 1. The van der Waals surface area contributed by atoms with Crippen molar-refractivity contribution < 1.29 is 9.90 Å². The maximum atomic E-state index is 12.6. The first-order valence-electron chi connectivity index (χ1n) is 8.99. The zero-order valence-corrected chi connectivity index (χ0v) is 14.1. The first kappa shape index (κ1) is 15.6. The highest BCUT2D eigenvalue weighted by atomic mass is 16.3. The lowest BCUT2D eigenvalue weighted by atomic mass is 9.85. The molecule has 2 bridgehead atoms. The van der Waals surface area contributed by atoms with Gasteiger partial charge in [0.2, 0.25) is 0 Å². The van der Waals surface area contributed by atoms with Gasteiger partial charge in [-0.25, -0.2) is 0 Å². The molecule has 5 heteroatoms. The van der Waals surface area contributed by atoms with Gasteiger partial charge >= 0.3 is 0 Å². The van der Waals surface area contributed by atoms with Gasteiger partial charge in [-0.05, 0) is 62.3 Å². The largest absolute Gasteiger partial charge is 0.396 e. The summed E-state index contributed by atoms with van der Waals surface area (Å²) in [5.74, 6) is 1.33. The number of hydrogen-bond acceptors (Lipinski definition) is 4. The SMILES string of the molecule is CC1=NN(c2ccc(C(=O)NC3C4CCC(C4)C3CO)cc2)CC1. The summed E-state index contributed by atoms with van der Waals surface area (Å²) in [5, 5.41) is 19.3. The van der Waals surface area contributed by atoms with E-state index >= 15 is 0 Å². The molecule has 0 saturated heterocycles. The Morgan fingerprint density at radius 2 is 2.04 bits per heavy atom. The summed E-state index contributed by atoms with van der Waals surface area (Å²) >= 11 is 0. The molecule has 3 aliphatic rings. The van der Waals surface area contributed by atoms with Crippen LogP contribution in [0.25, 0.3) is 0 Å². The number of carbonyl (C=O) groups excluding carboxylic acids is 1. The molecule has 1 aromatic rings. The van der Waals surface area contributed by atoms with Crippen LogP contribution in [0.5, 0.6) is 0 Å². The maximum Gasteiger partial charge on any atom is 0.251 e. The van der Waals surface area contributed by atoms with Crippen molar-refractivity contribution in [1.29, 1.82) is 0 Å². The minimum atomic E-state index is -0.0290. The van der Waals surface area contributed by atoms with Gasteiger partial charge in [-0.15, -0.1) is 0 Å². The molecular weight excluding hydrogens is 302 g/mol. The van der Waals surface area contributed by atoms with Crippen LogP contribution < -0.4 is 10.3 Å². The third kappa shape index (κ3) is 2.71. The third-order valence-electron chi connectivity index (χ3n) is 6.00. The average molecular weight is 327 g/mol. The molecule has 1 amide bonds. The average Bonchev–Trinajstić information content (AvgIpc) is 3.31. The number of nitrogens with one attached hydrogen (secondary N) is 1. The molecule has 2 aliphatic carbocycles. The predicted octanol–water partition coefficient (Wildman–Crippen LogP) is 2.41. The van der Waals surface area contributed by atoms with Crippen LogP contribution in [0.1, 0.15) is 43.0 Å². The van der Waals surface area contributed by atoms with E-state index in [4.69, 9.17) is 0 Å².